The number of aromatic nitrogens is 2. The Bertz CT molecular complexity index is 1010. The van der Waals surface area contributed by atoms with Gasteiger partial charge in [-0.05, 0) is 30.7 Å². The number of thioether (sulfide) groups is 1. The van der Waals surface area contributed by atoms with Gasteiger partial charge >= 0.3 is 0 Å². The second kappa shape index (κ2) is 8.89. The molecule has 1 aromatic heterocycles. The number of carbonyl (C=O) groups excluding carboxylic acids is 2. The van der Waals surface area contributed by atoms with Crippen molar-refractivity contribution in [2.24, 2.45) is 0 Å². The third-order valence-corrected chi connectivity index (χ3v) is 5.53. The summed E-state index contributed by atoms with van der Waals surface area (Å²) in [7, 11) is 0. The lowest BCUT2D eigenvalue weighted by Gasteiger charge is -2.06. The Morgan fingerprint density at radius 1 is 1.04 bits per heavy atom. The Hall–Kier alpha value is -2.85. The zero-order chi connectivity index (χ0) is 20.1. The predicted molar refractivity (Wildman–Crippen MR) is 105 cm³/mol. The molecule has 2 amide bonds. The van der Waals surface area contributed by atoms with Gasteiger partial charge in [0.05, 0.1) is 5.75 Å². The molecule has 0 bridgehead atoms. The minimum Gasteiger partial charge on any atom is -0.325 e. The van der Waals surface area contributed by atoms with Crippen LogP contribution in [0.25, 0.3) is 0 Å². The molecule has 2 N–H and O–H groups in total. The largest absolute Gasteiger partial charge is 0.325 e. The average molecular weight is 420 g/mol. The molecule has 0 aliphatic heterocycles. The number of carbonyl (C=O) groups is 2. The van der Waals surface area contributed by atoms with Crippen LogP contribution in [0.5, 0.6) is 0 Å². The summed E-state index contributed by atoms with van der Waals surface area (Å²) in [6.45, 7) is 1.89. The molecule has 3 rings (SSSR count). The molecule has 0 unspecified atom stereocenters. The van der Waals surface area contributed by atoms with Crippen molar-refractivity contribution in [1.82, 2.24) is 10.2 Å². The van der Waals surface area contributed by atoms with Crippen LogP contribution in [0, 0.1) is 18.6 Å². The summed E-state index contributed by atoms with van der Waals surface area (Å²) in [6, 6.07) is 10.6. The maximum Gasteiger partial charge on any atom is 0.263 e. The van der Waals surface area contributed by atoms with Crippen molar-refractivity contribution in [1.29, 1.82) is 0 Å². The predicted octanol–water partition coefficient (Wildman–Crippen LogP) is 4.11. The van der Waals surface area contributed by atoms with E-state index in [1.54, 1.807) is 6.07 Å². The van der Waals surface area contributed by atoms with Crippen molar-refractivity contribution in [2.45, 2.75) is 11.3 Å². The van der Waals surface area contributed by atoms with E-state index < -0.39 is 23.1 Å². The molecule has 0 saturated carbocycles. The van der Waals surface area contributed by atoms with Crippen molar-refractivity contribution in [3.05, 3.63) is 65.2 Å². The van der Waals surface area contributed by atoms with Crippen molar-refractivity contribution < 1.29 is 18.4 Å². The lowest BCUT2D eigenvalue weighted by molar-refractivity contribution is -0.113. The van der Waals surface area contributed by atoms with E-state index in [2.05, 4.69) is 20.8 Å². The van der Waals surface area contributed by atoms with E-state index in [1.165, 1.54) is 6.07 Å². The fraction of sp³-hybridized carbons (Fsp3) is 0.111. The fourth-order valence-electron chi connectivity index (χ4n) is 2.22. The summed E-state index contributed by atoms with van der Waals surface area (Å²) in [5.74, 6) is -3.01. The maximum atomic E-state index is 13.6. The normalized spacial score (nSPS) is 10.5. The zero-order valence-corrected chi connectivity index (χ0v) is 16.2. The van der Waals surface area contributed by atoms with E-state index in [1.807, 2.05) is 25.1 Å². The molecule has 0 saturated heterocycles. The maximum absolute atomic E-state index is 13.6. The van der Waals surface area contributed by atoms with Crippen LogP contribution in [0.15, 0.2) is 46.8 Å². The van der Waals surface area contributed by atoms with Crippen LogP contribution in [0.2, 0.25) is 0 Å². The van der Waals surface area contributed by atoms with Crippen LogP contribution in [0.1, 0.15) is 15.9 Å². The first-order valence-electron chi connectivity index (χ1n) is 8.01. The summed E-state index contributed by atoms with van der Waals surface area (Å²) in [6.07, 6.45) is 0. The van der Waals surface area contributed by atoms with E-state index in [4.69, 9.17) is 0 Å². The lowest BCUT2D eigenvalue weighted by atomic mass is 10.2. The van der Waals surface area contributed by atoms with Gasteiger partial charge in [0.2, 0.25) is 11.0 Å². The summed E-state index contributed by atoms with van der Waals surface area (Å²) < 4.78 is 27.7. The fourth-order valence-corrected chi connectivity index (χ4v) is 3.77. The SMILES string of the molecule is Cc1ccccc1NC(=O)CSc1nnc(NC(=O)c2c(F)cccc2F)s1. The molecule has 0 spiro atoms. The topological polar surface area (TPSA) is 84.0 Å². The smallest absolute Gasteiger partial charge is 0.263 e. The summed E-state index contributed by atoms with van der Waals surface area (Å²) in [5.41, 5.74) is 0.983. The third-order valence-electron chi connectivity index (χ3n) is 3.56. The van der Waals surface area contributed by atoms with Gasteiger partial charge in [-0.15, -0.1) is 10.2 Å². The summed E-state index contributed by atoms with van der Waals surface area (Å²) in [5, 5.41) is 12.8. The highest BCUT2D eigenvalue weighted by Gasteiger charge is 2.19. The standard InChI is InChI=1S/C18H14F2N4O2S2/c1-10-5-2-3-8-13(10)21-14(25)9-27-18-24-23-17(28-18)22-16(26)15-11(19)6-4-7-12(15)20/h2-8H,9H2,1H3,(H,21,25)(H,22,23,26). The number of hydrogen-bond donors (Lipinski definition) is 2. The van der Waals surface area contributed by atoms with Crippen molar-refractivity contribution in [3.8, 4) is 0 Å². The van der Waals surface area contributed by atoms with Crippen molar-refractivity contribution in [2.75, 3.05) is 16.4 Å². The number of rotatable bonds is 6. The number of nitrogens with one attached hydrogen (secondary N) is 2. The van der Waals surface area contributed by atoms with Crippen LogP contribution in [-0.2, 0) is 4.79 Å². The molecule has 0 radical (unpaired) electrons. The molecular weight excluding hydrogens is 406 g/mol. The average Bonchev–Trinajstić information content (AvgIpc) is 3.09. The van der Waals surface area contributed by atoms with E-state index in [9.17, 15) is 18.4 Å². The van der Waals surface area contributed by atoms with E-state index in [0.29, 0.717) is 4.34 Å². The second-order valence-corrected chi connectivity index (χ2v) is 7.78. The molecule has 28 heavy (non-hydrogen) atoms. The number of amides is 2. The Morgan fingerprint density at radius 2 is 1.75 bits per heavy atom. The van der Waals surface area contributed by atoms with Crippen molar-refractivity contribution in [3.63, 3.8) is 0 Å². The van der Waals surface area contributed by atoms with Crippen LogP contribution >= 0.6 is 23.1 Å². The van der Waals surface area contributed by atoms with Gasteiger partial charge in [0.15, 0.2) is 4.34 Å². The van der Waals surface area contributed by atoms with Crippen molar-refractivity contribution >= 4 is 45.7 Å². The molecule has 0 aliphatic carbocycles. The highest BCUT2D eigenvalue weighted by Crippen LogP contribution is 2.26. The first-order chi connectivity index (χ1) is 13.4. The van der Waals surface area contributed by atoms with Gasteiger partial charge in [0, 0.05) is 5.69 Å². The van der Waals surface area contributed by atoms with Gasteiger partial charge < -0.3 is 5.32 Å². The van der Waals surface area contributed by atoms with Gasteiger partial charge in [0.1, 0.15) is 17.2 Å². The Kier molecular flexibility index (Phi) is 6.32. The molecule has 0 atom stereocenters. The quantitative estimate of drug-likeness (QED) is 0.463. The molecule has 144 valence electrons. The zero-order valence-electron chi connectivity index (χ0n) is 14.5. The summed E-state index contributed by atoms with van der Waals surface area (Å²) in [4.78, 5) is 24.1. The highest BCUT2D eigenvalue weighted by molar-refractivity contribution is 8.01. The number of aryl methyl sites for hydroxylation is 1. The molecule has 10 heteroatoms. The number of halogens is 2. The minimum atomic E-state index is -0.968. The first kappa shape index (κ1) is 19.9. The lowest BCUT2D eigenvalue weighted by Crippen LogP contribution is -2.15. The Morgan fingerprint density at radius 3 is 2.46 bits per heavy atom. The number of hydrogen-bond acceptors (Lipinski definition) is 6. The van der Waals surface area contributed by atoms with Gasteiger partial charge in [-0.25, -0.2) is 8.78 Å². The van der Waals surface area contributed by atoms with Gasteiger partial charge in [0.25, 0.3) is 5.91 Å². The van der Waals surface area contributed by atoms with Crippen LogP contribution < -0.4 is 10.6 Å². The monoisotopic (exact) mass is 420 g/mol. The number of benzene rings is 2. The van der Waals surface area contributed by atoms with Crippen LogP contribution in [0.3, 0.4) is 0 Å². The van der Waals surface area contributed by atoms with Crippen LogP contribution in [-0.4, -0.2) is 27.8 Å². The summed E-state index contributed by atoms with van der Waals surface area (Å²) >= 11 is 2.14. The molecule has 0 fully saturated rings. The van der Waals surface area contributed by atoms with E-state index in [-0.39, 0.29) is 16.8 Å². The third kappa shape index (κ3) is 4.90. The molecule has 6 nitrogen and oxygen atoms in total. The molecule has 1 heterocycles. The molecule has 2 aromatic carbocycles. The molecule has 3 aromatic rings. The van der Waals surface area contributed by atoms with Gasteiger partial charge in [-0.1, -0.05) is 47.4 Å². The van der Waals surface area contributed by atoms with Gasteiger partial charge in [-0.3, -0.25) is 14.9 Å². The Labute approximate surface area is 167 Å². The number of nitrogens with zero attached hydrogens (tertiary/aromatic N) is 2. The van der Waals surface area contributed by atoms with E-state index in [0.717, 1.165) is 46.5 Å². The minimum absolute atomic E-state index is 0.0782. The number of anilines is 2. The Balaban J connectivity index is 1.56. The van der Waals surface area contributed by atoms with Gasteiger partial charge in [-0.2, -0.15) is 0 Å². The molecule has 0 aliphatic rings. The first-order valence-corrected chi connectivity index (χ1v) is 9.81. The second-order valence-electron chi connectivity index (χ2n) is 5.58. The van der Waals surface area contributed by atoms with E-state index >= 15 is 0 Å². The number of para-hydroxylation sites is 1. The van der Waals surface area contributed by atoms with Crippen LogP contribution in [0.4, 0.5) is 19.6 Å². The highest BCUT2D eigenvalue weighted by atomic mass is 32.2. The molecular formula is C18H14F2N4O2S2.